The van der Waals surface area contributed by atoms with Crippen LogP contribution in [0.5, 0.6) is 5.75 Å². The number of nitrogen functional groups attached to an aromatic ring is 1. The second-order valence-electron chi connectivity index (χ2n) is 4.16. The lowest BCUT2D eigenvalue weighted by atomic mass is 10.1. The average molecular weight is 326 g/mol. The minimum atomic E-state index is -0.425. The Bertz CT molecular complexity index is 691. The summed E-state index contributed by atoms with van der Waals surface area (Å²) in [4.78, 5) is 10.6. The van der Waals surface area contributed by atoms with Crippen LogP contribution in [0.3, 0.4) is 0 Å². The van der Waals surface area contributed by atoms with E-state index in [1.807, 2.05) is 0 Å². The van der Waals surface area contributed by atoms with E-state index in [1.165, 1.54) is 35.2 Å². The van der Waals surface area contributed by atoms with Gasteiger partial charge in [-0.15, -0.1) is 10.2 Å². The highest BCUT2D eigenvalue weighted by atomic mass is 32.2. The van der Waals surface area contributed by atoms with Crippen molar-refractivity contribution in [2.45, 2.75) is 16.7 Å². The highest BCUT2D eigenvalue weighted by molar-refractivity contribution is 8.00. The Morgan fingerprint density at radius 2 is 2.33 bits per heavy atom. The lowest BCUT2D eigenvalue weighted by molar-refractivity contribution is -0.385. The summed E-state index contributed by atoms with van der Waals surface area (Å²) in [7, 11) is 0. The maximum absolute atomic E-state index is 11.0. The molecule has 0 saturated heterocycles. The van der Waals surface area contributed by atoms with Crippen molar-refractivity contribution in [3.63, 3.8) is 0 Å². The summed E-state index contributed by atoms with van der Waals surface area (Å²) in [6, 6.07) is 2.99. The molecule has 0 bridgehead atoms. The van der Waals surface area contributed by atoms with Crippen molar-refractivity contribution in [1.82, 2.24) is 10.2 Å². The number of nitrogens with zero attached hydrogens (tertiary/aromatic N) is 3. The third kappa shape index (κ3) is 3.06. The Hall–Kier alpha value is -1.91. The number of anilines is 1. The van der Waals surface area contributed by atoms with Crippen LogP contribution in [0, 0.1) is 10.1 Å². The molecule has 1 aliphatic rings. The summed E-state index contributed by atoms with van der Waals surface area (Å²) in [5.74, 6) is 1.13. The first-order chi connectivity index (χ1) is 10.1. The van der Waals surface area contributed by atoms with Crippen LogP contribution in [0.15, 0.2) is 16.5 Å². The molecule has 0 unspecified atom stereocenters. The summed E-state index contributed by atoms with van der Waals surface area (Å²) in [5.41, 5.74) is 6.97. The van der Waals surface area contributed by atoms with Gasteiger partial charge in [-0.3, -0.25) is 10.1 Å². The number of benzene rings is 1. The van der Waals surface area contributed by atoms with Gasteiger partial charge in [-0.2, -0.15) is 0 Å². The largest absolute Gasteiger partial charge is 0.467 e. The second-order valence-corrected chi connectivity index (χ2v) is 6.39. The zero-order chi connectivity index (χ0) is 14.8. The molecule has 3 rings (SSSR count). The standard InChI is InChI=1S/C11H10N4O4S2/c12-10-13-14-11(21-10)20-4-7-2-8(15(16)17)1-6-3-18-5-19-9(6)7/h1-2H,3-5H2,(H2,12,13). The average Bonchev–Trinajstić information content (AvgIpc) is 2.90. The number of hydrogen-bond acceptors (Lipinski definition) is 9. The van der Waals surface area contributed by atoms with Gasteiger partial charge in [0.05, 0.1) is 11.5 Å². The molecule has 0 amide bonds. The van der Waals surface area contributed by atoms with Crippen LogP contribution in [0.2, 0.25) is 0 Å². The fraction of sp³-hybridized carbons (Fsp3) is 0.273. The normalized spacial score (nSPS) is 13.5. The molecular formula is C11H10N4O4S2. The second kappa shape index (κ2) is 5.84. The van der Waals surface area contributed by atoms with E-state index in [2.05, 4.69) is 10.2 Å². The number of hydrogen-bond donors (Lipinski definition) is 1. The van der Waals surface area contributed by atoms with Crippen molar-refractivity contribution in [2.24, 2.45) is 0 Å². The third-order valence-corrected chi connectivity index (χ3v) is 4.69. The Kier molecular flexibility index (Phi) is 3.90. The maximum Gasteiger partial charge on any atom is 0.270 e. The number of rotatable bonds is 4. The van der Waals surface area contributed by atoms with Crippen LogP contribution in [0.1, 0.15) is 11.1 Å². The first kappa shape index (κ1) is 14.0. The van der Waals surface area contributed by atoms with Gasteiger partial charge in [0.25, 0.3) is 5.69 Å². The van der Waals surface area contributed by atoms with Gasteiger partial charge in [0.1, 0.15) is 5.75 Å². The van der Waals surface area contributed by atoms with Crippen molar-refractivity contribution in [3.8, 4) is 5.75 Å². The molecule has 2 heterocycles. The van der Waals surface area contributed by atoms with Gasteiger partial charge >= 0.3 is 0 Å². The van der Waals surface area contributed by atoms with Gasteiger partial charge in [0.15, 0.2) is 11.1 Å². The summed E-state index contributed by atoms with van der Waals surface area (Å²) in [6.45, 7) is 0.453. The zero-order valence-electron chi connectivity index (χ0n) is 10.6. The van der Waals surface area contributed by atoms with E-state index >= 15 is 0 Å². The van der Waals surface area contributed by atoms with Crippen LogP contribution in [-0.4, -0.2) is 21.9 Å². The molecule has 1 aromatic heterocycles. The molecule has 0 spiro atoms. The highest BCUT2D eigenvalue weighted by Crippen LogP contribution is 2.36. The van der Waals surface area contributed by atoms with Gasteiger partial charge in [-0.1, -0.05) is 23.1 Å². The van der Waals surface area contributed by atoms with Gasteiger partial charge in [-0.25, -0.2) is 0 Å². The number of ether oxygens (including phenoxy) is 2. The van der Waals surface area contributed by atoms with Crippen molar-refractivity contribution >= 4 is 33.9 Å². The molecule has 0 radical (unpaired) electrons. The molecule has 0 fully saturated rings. The van der Waals surface area contributed by atoms with Crippen LogP contribution < -0.4 is 10.5 Å². The molecule has 8 nitrogen and oxygen atoms in total. The fourth-order valence-corrected chi connectivity index (χ4v) is 3.51. The van der Waals surface area contributed by atoms with Gasteiger partial charge < -0.3 is 15.2 Å². The monoisotopic (exact) mass is 326 g/mol. The predicted octanol–water partition coefficient (Wildman–Crippen LogP) is 2.19. The molecule has 0 aliphatic carbocycles. The Labute approximate surface area is 127 Å². The van der Waals surface area contributed by atoms with E-state index in [1.54, 1.807) is 0 Å². The summed E-state index contributed by atoms with van der Waals surface area (Å²) < 4.78 is 11.3. The smallest absolute Gasteiger partial charge is 0.270 e. The first-order valence-corrected chi connectivity index (χ1v) is 7.66. The fourth-order valence-electron chi connectivity index (χ4n) is 1.91. The molecule has 1 aliphatic heterocycles. The topological polar surface area (TPSA) is 113 Å². The zero-order valence-corrected chi connectivity index (χ0v) is 12.3. The van der Waals surface area contributed by atoms with Crippen molar-refractivity contribution in [3.05, 3.63) is 33.4 Å². The van der Waals surface area contributed by atoms with Gasteiger partial charge in [0.2, 0.25) is 5.13 Å². The van der Waals surface area contributed by atoms with Gasteiger partial charge in [-0.05, 0) is 0 Å². The third-order valence-electron chi connectivity index (χ3n) is 2.76. The molecule has 110 valence electrons. The van der Waals surface area contributed by atoms with Gasteiger partial charge in [0, 0.05) is 29.0 Å². The predicted molar refractivity (Wildman–Crippen MR) is 77.3 cm³/mol. The number of nitro groups is 1. The molecule has 2 aromatic rings. The van der Waals surface area contributed by atoms with Crippen LogP contribution in [0.4, 0.5) is 10.8 Å². The Balaban J connectivity index is 1.88. The minimum absolute atomic E-state index is 0.0234. The van der Waals surface area contributed by atoms with Crippen LogP contribution >= 0.6 is 23.1 Å². The minimum Gasteiger partial charge on any atom is -0.467 e. The molecule has 21 heavy (non-hydrogen) atoms. The number of thioether (sulfide) groups is 1. The van der Waals surface area contributed by atoms with Crippen LogP contribution in [-0.2, 0) is 17.1 Å². The van der Waals surface area contributed by atoms with Crippen molar-refractivity contribution < 1.29 is 14.4 Å². The molecule has 10 heteroatoms. The maximum atomic E-state index is 11.0. The van der Waals surface area contributed by atoms with Crippen molar-refractivity contribution in [1.29, 1.82) is 0 Å². The van der Waals surface area contributed by atoms with E-state index in [9.17, 15) is 10.1 Å². The number of fused-ring (bicyclic) bond motifs is 1. The quantitative estimate of drug-likeness (QED) is 0.516. The lowest BCUT2D eigenvalue weighted by Crippen LogP contribution is -2.13. The van der Waals surface area contributed by atoms with E-state index in [-0.39, 0.29) is 12.5 Å². The molecule has 0 saturated carbocycles. The van der Waals surface area contributed by atoms with Crippen molar-refractivity contribution in [2.75, 3.05) is 12.5 Å². The lowest BCUT2D eigenvalue weighted by Gasteiger charge is -2.20. The van der Waals surface area contributed by atoms with E-state index < -0.39 is 4.92 Å². The number of aromatic nitrogens is 2. The van der Waals surface area contributed by atoms with E-state index in [0.29, 0.717) is 33.1 Å². The number of nitrogens with two attached hydrogens (primary N) is 1. The summed E-state index contributed by atoms with van der Waals surface area (Å²) in [5, 5.41) is 19.0. The molecular weight excluding hydrogens is 316 g/mol. The highest BCUT2D eigenvalue weighted by Gasteiger charge is 2.21. The molecule has 1 aromatic carbocycles. The Morgan fingerprint density at radius 3 is 3.05 bits per heavy atom. The SMILES string of the molecule is Nc1nnc(SCc2cc([N+](=O)[O-])cc3c2OCOC3)s1. The van der Waals surface area contributed by atoms with E-state index in [0.717, 1.165) is 5.56 Å². The van der Waals surface area contributed by atoms with Crippen LogP contribution in [0.25, 0.3) is 0 Å². The number of non-ortho nitro benzene ring substituents is 1. The summed E-state index contributed by atoms with van der Waals surface area (Å²) in [6.07, 6.45) is 0. The first-order valence-electron chi connectivity index (χ1n) is 5.86. The van der Waals surface area contributed by atoms with E-state index in [4.69, 9.17) is 15.2 Å². The Morgan fingerprint density at radius 1 is 1.48 bits per heavy atom. The summed E-state index contributed by atoms with van der Waals surface area (Å²) >= 11 is 2.68. The molecule has 2 N–H and O–H groups in total. The number of nitro benzene ring substituents is 1. The molecule has 0 atom stereocenters.